The van der Waals surface area contributed by atoms with E-state index < -0.39 is 5.43 Å². The zero-order chi connectivity index (χ0) is 15.4. The van der Waals surface area contributed by atoms with Crippen LogP contribution in [0.1, 0.15) is 20.3 Å². The molecule has 1 heterocycles. The molecule has 2 rings (SSSR count). The molecule has 0 bridgehead atoms. The van der Waals surface area contributed by atoms with Gasteiger partial charge < -0.3 is 10.2 Å². The Morgan fingerprint density at radius 1 is 1.19 bits per heavy atom. The van der Waals surface area contributed by atoms with Gasteiger partial charge in [-0.05, 0) is 5.92 Å². The maximum Gasteiger partial charge on any atom is 0.253 e. The topological polar surface area (TPSA) is 76.4 Å². The summed E-state index contributed by atoms with van der Waals surface area (Å²) in [5.74, 6) is 0.421. The highest BCUT2D eigenvalue weighted by molar-refractivity contribution is 5.75. The molecule has 0 aromatic heterocycles. The van der Waals surface area contributed by atoms with Gasteiger partial charge in [-0.1, -0.05) is 13.8 Å². The molecule has 1 fully saturated rings. The van der Waals surface area contributed by atoms with Gasteiger partial charge in [0.25, 0.3) is 10.9 Å². The summed E-state index contributed by atoms with van der Waals surface area (Å²) in [4.78, 5) is 27.7. The minimum Gasteiger partial charge on any atom is -0.380 e. The van der Waals surface area contributed by atoms with Crippen molar-refractivity contribution in [2.75, 3.05) is 49.5 Å². The molecule has 0 aliphatic carbocycles. The summed E-state index contributed by atoms with van der Waals surface area (Å²) in [6, 6.07) is 2.15. The van der Waals surface area contributed by atoms with E-state index in [-0.39, 0.29) is 5.43 Å². The van der Waals surface area contributed by atoms with Crippen molar-refractivity contribution in [3.8, 4) is 6.07 Å². The highest BCUT2D eigenvalue weighted by atomic mass is 16.2. The average molecular weight is 290 g/mol. The summed E-state index contributed by atoms with van der Waals surface area (Å²) < 4.78 is 0. The van der Waals surface area contributed by atoms with Crippen LogP contribution < -0.4 is 21.1 Å². The summed E-state index contributed by atoms with van der Waals surface area (Å²) in [5, 5.41) is 11.7. The van der Waals surface area contributed by atoms with Crippen LogP contribution in [0.2, 0.25) is 0 Å². The fraction of sp³-hybridized carbons (Fsp3) is 0.667. The van der Waals surface area contributed by atoms with Crippen molar-refractivity contribution in [2.24, 2.45) is 5.92 Å². The Morgan fingerprint density at radius 3 is 2.43 bits per heavy atom. The van der Waals surface area contributed by atoms with Gasteiger partial charge in [-0.15, -0.1) is 0 Å². The molecule has 0 spiro atoms. The van der Waals surface area contributed by atoms with E-state index in [1.54, 1.807) is 0 Å². The molecule has 0 saturated carbocycles. The van der Waals surface area contributed by atoms with Crippen molar-refractivity contribution in [2.45, 2.75) is 20.3 Å². The monoisotopic (exact) mass is 290 g/mol. The third-order valence-corrected chi connectivity index (χ3v) is 3.80. The van der Waals surface area contributed by atoms with E-state index in [4.69, 9.17) is 5.26 Å². The quantitative estimate of drug-likeness (QED) is 0.764. The number of nitrogens with one attached hydrogen (secondary N) is 1. The first kappa shape index (κ1) is 15.5. The van der Waals surface area contributed by atoms with Gasteiger partial charge in [-0.2, -0.15) is 5.26 Å². The molecule has 1 N–H and O–H groups in total. The van der Waals surface area contributed by atoms with E-state index in [1.165, 1.54) is 0 Å². The highest BCUT2D eigenvalue weighted by Gasteiger charge is 2.28. The fourth-order valence-corrected chi connectivity index (χ4v) is 2.55. The molecule has 0 atom stereocenters. The molecule has 1 aromatic rings. The molecule has 21 heavy (non-hydrogen) atoms. The lowest BCUT2D eigenvalue weighted by atomic mass is 10.1. The number of rotatable bonds is 6. The largest absolute Gasteiger partial charge is 0.380 e. The second kappa shape index (κ2) is 6.72. The molecule has 1 aliphatic rings. The van der Waals surface area contributed by atoms with Gasteiger partial charge in [0, 0.05) is 45.7 Å². The molecular formula is C15H22N4O2. The fourth-order valence-electron chi connectivity index (χ4n) is 2.55. The second-order valence-electron chi connectivity index (χ2n) is 5.89. The van der Waals surface area contributed by atoms with Crippen LogP contribution in [0.3, 0.4) is 0 Å². The Bertz CT molecular complexity index is 588. The maximum absolute atomic E-state index is 11.8. The predicted octanol–water partition coefficient (Wildman–Crippen LogP) is 0.386. The number of anilines is 2. The summed E-state index contributed by atoms with van der Waals surface area (Å²) >= 11 is 0. The van der Waals surface area contributed by atoms with Crippen molar-refractivity contribution in [1.29, 1.82) is 5.26 Å². The zero-order valence-electron chi connectivity index (χ0n) is 12.7. The lowest BCUT2D eigenvalue weighted by Crippen LogP contribution is -2.51. The predicted molar refractivity (Wildman–Crippen MR) is 83.6 cm³/mol. The number of hydrogen-bond donors (Lipinski definition) is 1. The minimum absolute atomic E-state index is 0.369. The summed E-state index contributed by atoms with van der Waals surface area (Å²) in [6.45, 7) is 8.69. The van der Waals surface area contributed by atoms with E-state index in [1.807, 2.05) is 4.90 Å². The summed E-state index contributed by atoms with van der Waals surface area (Å²) in [6.07, 6.45) is 0.529. The second-order valence-corrected chi connectivity index (χ2v) is 5.89. The molecule has 1 aromatic carbocycles. The van der Waals surface area contributed by atoms with Crippen molar-refractivity contribution in [3.05, 3.63) is 20.4 Å². The lowest BCUT2D eigenvalue weighted by molar-refractivity contribution is 0.263. The van der Waals surface area contributed by atoms with Crippen molar-refractivity contribution >= 4 is 11.4 Å². The molecule has 114 valence electrons. The maximum atomic E-state index is 11.8. The van der Waals surface area contributed by atoms with E-state index in [2.05, 4.69) is 30.1 Å². The van der Waals surface area contributed by atoms with Crippen molar-refractivity contribution < 1.29 is 0 Å². The van der Waals surface area contributed by atoms with Crippen molar-refractivity contribution in [1.82, 2.24) is 4.90 Å². The van der Waals surface area contributed by atoms with Crippen LogP contribution in [0.15, 0.2) is 9.59 Å². The van der Waals surface area contributed by atoms with Gasteiger partial charge in [-0.25, -0.2) is 0 Å². The van der Waals surface area contributed by atoms with Crippen LogP contribution in [0.25, 0.3) is 0 Å². The van der Waals surface area contributed by atoms with E-state index in [0.717, 1.165) is 32.7 Å². The normalized spacial score (nSPS) is 16.4. The van der Waals surface area contributed by atoms with E-state index in [9.17, 15) is 9.59 Å². The van der Waals surface area contributed by atoms with Crippen LogP contribution >= 0.6 is 0 Å². The molecular weight excluding hydrogens is 268 g/mol. The van der Waals surface area contributed by atoms with Crippen LogP contribution in [-0.2, 0) is 0 Å². The number of nitriles is 1. The number of piperazine rings is 1. The molecule has 0 amide bonds. The average Bonchev–Trinajstić information content (AvgIpc) is 2.49. The first-order valence-electron chi connectivity index (χ1n) is 7.46. The van der Waals surface area contributed by atoms with E-state index >= 15 is 0 Å². The number of nitrogens with zero attached hydrogens (tertiary/aromatic N) is 3. The SMILES string of the molecule is CC(C)CNc1c(N2CCN(CCC#N)CC2)c(=O)c1=O. The molecule has 1 aliphatic heterocycles. The van der Waals surface area contributed by atoms with E-state index in [0.29, 0.717) is 30.3 Å². The molecule has 0 radical (unpaired) electrons. The lowest BCUT2D eigenvalue weighted by Gasteiger charge is -2.36. The number of hydrogen-bond acceptors (Lipinski definition) is 6. The van der Waals surface area contributed by atoms with Crippen LogP contribution in [-0.4, -0.2) is 44.2 Å². The third kappa shape index (κ3) is 3.42. The molecule has 0 unspecified atom stereocenters. The van der Waals surface area contributed by atoms with Gasteiger partial charge in [0.1, 0.15) is 11.4 Å². The smallest absolute Gasteiger partial charge is 0.253 e. The molecule has 1 saturated heterocycles. The Balaban J connectivity index is 1.98. The highest BCUT2D eigenvalue weighted by Crippen LogP contribution is 2.21. The minimum atomic E-state index is -0.391. The Kier molecular flexibility index (Phi) is 4.97. The van der Waals surface area contributed by atoms with Crippen LogP contribution in [0, 0.1) is 17.2 Å². The van der Waals surface area contributed by atoms with Gasteiger partial charge in [0.15, 0.2) is 0 Å². The van der Waals surface area contributed by atoms with Crippen LogP contribution in [0.4, 0.5) is 11.4 Å². The summed E-state index contributed by atoms with van der Waals surface area (Å²) in [5.41, 5.74) is 0.282. The molecule has 6 heteroatoms. The van der Waals surface area contributed by atoms with Gasteiger partial charge >= 0.3 is 0 Å². The van der Waals surface area contributed by atoms with Gasteiger partial charge in [0.2, 0.25) is 0 Å². The van der Waals surface area contributed by atoms with Crippen molar-refractivity contribution in [3.63, 3.8) is 0 Å². The molecule has 6 nitrogen and oxygen atoms in total. The van der Waals surface area contributed by atoms with Crippen LogP contribution in [0.5, 0.6) is 0 Å². The van der Waals surface area contributed by atoms with Gasteiger partial charge in [-0.3, -0.25) is 14.5 Å². The Morgan fingerprint density at radius 2 is 1.86 bits per heavy atom. The standard InChI is InChI=1S/C15H22N4O2/c1-11(2)10-17-12-13(15(21)14(12)20)19-8-6-18(7-9-19)5-3-4-16/h11,17H,3,5-10H2,1-2H3. The zero-order valence-corrected chi connectivity index (χ0v) is 12.7. The first-order valence-corrected chi connectivity index (χ1v) is 7.46. The van der Waals surface area contributed by atoms with Gasteiger partial charge in [0.05, 0.1) is 6.07 Å². The third-order valence-electron chi connectivity index (χ3n) is 3.80. The summed E-state index contributed by atoms with van der Waals surface area (Å²) in [7, 11) is 0. The first-order chi connectivity index (χ1) is 10.0. The Labute approximate surface area is 124 Å². The Hall–Kier alpha value is -1.87.